The number of carbonyl (C=O) groups is 1. The summed E-state index contributed by atoms with van der Waals surface area (Å²) in [4.78, 5) is 14.8. The van der Waals surface area contributed by atoms with E-state index in [0.29, 0.717) is 0 Å². The van der Waals surface area contributed by atoms with Crippen molar-refractivity contribution in [2.24, 2.45) is 0 Å². The number of carbonyl (C=O) groups excluding carboxylic acids is 1. The minimum absolute atomic E-state index is 0.280. The van der Waals surface area contributed by atoms with E-state index in [9.17, 15) is 4.79 Å². The second kappa shape index (κ2) is 6.20. The molecular weight excluding hydrogens is 236 g/mol. The predicted octanol–water partition coefficient (Wildman–Crippen LogP) is 2.18. The second-order valence-corrected chi connectivity index (χ2v) is 5.42. The van der Waals surface area contributed by atoms with Crippen molar-refractivity contribution in [2.75, 3.05) is 26.7 Å². The zero-order chi connectivity index (χ0) is 13.7. The molecule has 3 heteroatoms. The number of rotatable bonds is 4. The van der Waals surface area contributed by atoms with Gasteiger partial charge in [-0.15, -0.1) is 0 Å². The van der Waals surface area contributed by atoms with E-state index < -0.39 is 0 Å². The number of amides is 1. The zero-order valence-corrected chi connectivity index (χ0v) is 12.0. The van der Waals surface area contributed by atoms with Gasteiger partial charge in [0.2, 0.25) is 5.91 Å². The first-order valence-corrected chi connectivity index (χ1v) is 7.22. The van der Waals surface area contributed by atoms with E-state index in [1.54, 1.807) is 0 Å². The van der Waals surface area contributed by atoms with E-state index in [0.717, 1.165) is 38.9 Å². The van der Waals surface area contributed by atoms with Crippen LogP contribution >= 0.6 is 0 Å². The monoisotopic (exact) mass is 260 g/mol. The number of nitrogens with zero attached hydrogens (tertiary/aromatic N) is 1. The van der Waals surface area contributed by atoms with E-state index in [1.807, 2.05) is 30.1 Å². The van der Waals surface area contributed by atoms with Crippen molar-refractivity contribution in [2.45, 2.75) is 31.6 Å². The molecule has 3 nitrogen and oxygen atoms in total. The molecular formula is C16H24N2O. The molecule has 0 bridgehead atoms. The normalized spacial score (nSPS) is 18.0. The fourth-order valence-electron chi connectivity index (χ4n) is 3.04. The van der Waals surface area contributed by atoms with Gasteiger partial charge in [-0.25, -0.2) is 0 Å². The lowest BCUT2D eigenvalue weighted by Gasteiger charge is -2.39. The summed E-state index contributed by atoms with van der Waals surface area (Å²) < 4.78 is 0. The third-order valence-corrected chi connectivity index (χ3v) is 4.10. The summed E-state index contributed by atoms with van der Waals surface area (Å²) in [6, 6.07) is 10.3. The minimum atomic E-state index is -0.323. The van der Waals surface area contributed by atoms with Gasteiger partial charge in [0.05, 0.1) is 5.41 Å². The molecule has 0 atom stereocenters. The first-order valence-electron chi connectivity index (χ1n) is 7.22. The van der Waals surface area contributed by atoms with Crippen molar-refractivity contribution in [1.29, 1.82) is 0 Å². The van der Waals surface area contributed by atoms with Crippen LogP contribution in [0.15, 0.2) is 30.3 Å². The highest BCUT2D eigenvalue weighted by Crippen LogP contribution is 2.35. The van der Waals surface area contributed by atoms with Crippen LogP contribution in [0, 0.1) is 0 Å². The zero-order valence-electron chi connectivity index (χ0n) is 12.0. The first-order chi connectivity index (χ1) is 9.20. The van der Waals surface area contributed by atoms with Gasteiger partial charge in [0.15, 0.2) is 0 Å². The molecule has 1 fully saturated rings. The lowest BCUT2D eigenvalue weighted by Crippen LogP contribution is -2.51. The summed E-state index contributed by atoms with van der Waals surface area (Å²) in [6.07, 6.45) is 2.79. The van der Waals surface area contributed by atoms with Gasteiger partial charge in [-0.1, -0.05) is 37.3 Å². The summed E-state index contributed by atoms with van der Waals surface area (Å²) >= 11 is 0. The van der Waals surface area contributed by atoms with Crippen LogP contribution in [-0.2, 0) is 10.2 Å². The van der Waals surface area contributed by atoms with Gasteiger partial charge in [-0.05, 0) is 37.9 Å². The van der Waals surface area contributed by atoms with Crippen LogP contribution in [0.25, 0.3) is 0 Å². The summed E-state index contributed by atoms with van der Waals surface area (Å²) in [5.74, 6) is 0.280. The fraction of sp³-hybridized carbons (Fsp3) is 0.562. The van der Waals surface area contributed by atoms with Crippen molar-refractivity contribution in [3.8, 4) is 0 Å². The maximum atomic E-state index is 12.9. The molecule has 1 saturated heterocycles. The molecule has 1 N–H and O–H groups in total. The molecule has 0 aromatic heterocycles. The molecule has 19 heavy (non-hydrogen) atoms. The van der Waals surface area contributed by atoms with Crippen molar-refractivity contribution < 1.29 is 4.79 Å². The molecule has 1 aliphatic rings. The van der Waals surface area contributed by atoms with Gasteiger partial charge >= 0.3 is 0 Å². The fourth-order valence-corrected chi connectivity index (χ4v) is 3.04. The molecule has 1 heterocycles. The molecule has 0 spiro atoms. The maximum Gasteiger partial charge on any atom is 0.233 e. The van der Waals surface area contributed by atoms with Crippen LogP contribution in [-0.4, -0.2) is 37.5 Å². The Morgan fingerprint density at radius 1 is 1.26 bits per heavy atom. The molecule has 104 valence electrons. The Labute approximate surface area is 116 Å². The molecule has 0 aliphatic carbocycles. The number of hydrogen-bond donors (Lipinski definition) is 1. The van der Waals surface area contributed by atoms with Crippen LogP contribution in [0.1, 0.15) is 31.7 Å². The number of piperidine rings is 1. The molecule has 0 unspecified atom stereocenters. The van der Waals surface area contributed by atoms with E-state index >= 15 is 0 Å². The maximum absolute atomic E-state index is 12.9. The number of hydrogen-bond acceptors (Lipinski definition) is 2. The van der Waals surface area contributed by atoms with Crippen molar-refractivity contribution in [3.63, 3.8) is 0 Å². The standard InChI is InChI=1S/C16H24N2O/c1-3-13-18(2)15(19)16(9-11-17-12-10-16)14-7-5-4-6-8-14/h4-8,17H,3,9-13H2,1-2H3. The highest BCUT2D eigenvalue weighted by molar-refractivity contribution is 5.88. The second-order valence-electron chi connectivity index (χ2n) is 5.42. The predicted molar refractivity (Wildman–Crippen MR) is 78.2 cm³/mol. The topological polar surface area (TPSA) is 32.3 Å². The molecule has 1 amide bonds. The largest absolute Gasteiger partial charge is 0.345 e. The molecule has 0 saturated carbocycles. The van der Waals surface area contributed by atoms with Gasteiger partial charge in [0.1, 0.15) is 0 Å². The Hall–Kier alpha value is -1.35. The number of benzene rings is 1. The molecule has 0 radical (unpaired) electrons. The van der Waals surface area contributed by atoms with Crippen LogP contribution in [0.5, 0.6) is 0 Å². The summed E-state index contributed by atoms with van der Waals surface area (Å²) in [6.45, 7) is 4.78. The summed E-state index contributed by atoms with van der Waals surface area (Å²) in [5, 5.41) is 3.36. The van der Waals surface area contributed by atoms with Crippen molar-refractivity contribution in [3.05, 3.63) is 35.9 Å². The van der Waals surface area contributed by atoms with E-state index in [-0.39, 0.29) is 11.3 Å². The Kier molecular flexibility index (Phi) is 4.59. The van der Waals surface area contributed by atoms with Gasteiger partial charge in [0.25, 0.3) is 0 Å². The number of nitrogens with one attached hydrogen (secondary N) is 1. The Bertz CT molecular complexity index is 410. The molecule has 1 aliphatic heterocycles. The highest BCUT2D eigenvalue weighted by atomic mass is 16.2. The van der Waals surface area contributed by atoms with Crippen LogP contribution in [0.4, 0.5) is 0 Å². The quantitative estimate of drug-likeness (QED) is 0.900. The average molecular weight is 260 g/mol. The minimum Gasteiger partial charge on any atom is -0.345 e. The first kappa shape index (κ1) is 14.1. The summed E-state index contributed by atoms with van der Waals surface area (Å²) in [7, 11) is 1.93. The Morgan fingerprint density at radius 3 is 2.47 bits per heavy atom. The Morgan fingerprint density at radius 2 is 1.89 bits per heavy atom. The molecule has 1 aromatic rings. The van der Waals surface area contributed by atoms with Crippen molar-refractivity contribution >= 4 is 5.91 Å². The SMILES string of the molecule is CCCN(C)C(=O)C1(c2ccccc2)CCNCC1. The van der Waals surface area contributed by atoms with Crippen LogP contribution in [0.3, 0.4) is 0 Å². The van der Waals surface area contributed by atoms with Gasteiger partial charge in [-0.2, -0.15) is 0 Å². The lowest BCUT2D eigenvalue weighted by molar-refractivity contribution is -0.137. The van der Waals surface area contributed by atoms with E-state index in [2.05, 4.69) is 24.4 Å². The molecule has 1 aromatic carbocycles. The lowest BCUT2D eigenvalue weighted by atomic mass is 9.72. The van der Waals surface area contributed by atoms with E-state index in [1.165, 1.54) is 5.56 Å². The van der Waals surface area contributed by atoms with Gasteiger partial charge in [0, 0.05) is 13.6 Å². The smallest absolute Gasteiger partial charge is 0.233 e. The van der Waals surface area contributed by atoms with Crippen LogP contribution < -0.4 is 5.32 Å². The van der Waals surface area contributed by atoms with Gasteiger partial charge < -0.3 is 10.2 Å². The highest BCUT2D eigenvalue weighted by Gasteiger charge is 2.42. The third kappa shape index (κ3) is 2.81. The number of likely N-dealkylation sites (N-methyl/N-ethyl adjacent to an activating group) is 1. The Balaban J connectivity index is 2.32. The average Bonchev–Trinajstić information content (AvgIpc) is 2.48. The summed E-state index contributed by atoms with van der Waals surface area (Å²) in [5.41, 5.74) is 0.848. The van der Waals surface area contributed by atoms with E-state index in [4.69, 9.17) is 0 Å². The molecule has 2 rings (SSSR count). The van der Waals surface area contributed by atoms with Crippen LogP contribution in [0.2, 0.25) is 0 Å². The third-order valence-electron chi connectivity index (χ3n) is 4.10. The van der Waals surface area contributed by atoms with Crippen molar-refractivity contribution in [1.82, 2.24) is 10.2 Å². The van der Waals surface area contributed by atoms with Gasteiger partial charge in [-0.3, -0.25) is 4.79 Å².